The molecule has 0 heterocycles. The first kappa shape index (κ1) is 21.6. The van der Waals surface area contributed by atoms with Gasteiger partial charge in [-0.3, -0.25) is 9.59 Å². The number of rotatable bonds is 10. The van der Waals surface area contributed by atoms with Gasteiger partial charge in [-0.25, -0.2) is 0 Å². The third-order valence-corrected chi connectivity index (χ3v) is 5.44. The van der Waals surface area contributed by atoms with Gasteiger partial charge in [0.2, 0.25) is 0 Å². The molecule has 0 bridgehead atoms. The molecule has 4 nitrogen and oxygen atoms in total. The summed E-state index contributed by atoms with van der Waals surface area (Å²) in [4.78, 5) is 23.5. The predicted molar refractivity (Wildman–Crippen MR) is 99.8 cm³/mol. The molecule has 130 valence electrons. The molecule has 0 aromatic carbocycles. The van der Waals surface area contributed by atoms with Crippen LogP contribution in [0, 0.1) is 11.8 Å². The van der Waals surface area contributed by atoms with Crippen LogP contribution in [-0.2, 0) is 0 Å². The number of carbonyl (C=O) groups excluding carboxylic acids is 2. The maximum Gasteiger partial charge on any atom is 0.279 e. The fourth-order valence-electron chi connectivity index (χ4n) is 1.72. The second kappa shape index (κ2) is 13.1. The lowest BCUT2D eigenvalue weighted by molar-refractivity contribution is 0.259. The number of hydrogen-bond donors (Lipinski definition) is 2. The van der Waals surface area contributed by atoms with Crippen molar-refractivity contribution in [3.05, 3.63) is 0 Å². The Labute approximate surface area is 144 Å². The summed E-state index contributed by atoms with van der Waals surface area (Å²) in [5.74, 6) is 1.78. The van der Waals surface area contributed by atoms with Gasteiger partial charge >= 0.3 is 0 Å². The Bertz CT molecular complexity index is 323. The normalized spacial score (nSPS) is 12.5. The third-order valence-electron chi connectivity index (χ3n) is 3.15. The quantitative estimate of drug-likeness (QED) is 0.598. The molecule has 0 aliphatic carbocycles. The van der Waals surface area contributed by atoms with Crippen LogP contribution < -0.4 is 10.6 Å². The first-order chi connectivity index (χ1) is 10.4. The molecular weight excluding hydrogens is 316 g/mol. The largest absolute Gasteiger partial charge is 0.347 e. The van der Waals surface area contributed by atoms with Crippen molar-refractivity contribution in [3.8, 4) is 0 Å². The summed E-state index contributed by atoms with van der Waals surface area (Å²) >= 11 is 2.69. The van der Waals surface area contributed by atoms with E-state index in [4.69, 9.17) is 0 Å². The lowest BCUT2D eigenvalue weighted by atomic mass is 10.1. The lowest BCUT2D eigenvalue weighted by Crippen LogP contribution is -2.25. The average molecular weight is 349 g/mol. The highest BCUT2D eigenvalue weighted by Gasteiger charge is 2.18. The van der Waals surface area contributed by atoms with Crippen molar-refractivity contribution < 1.29 is 9.59 Å². The SMILES string of the molecule is CCCNC(=O)SC(CCSC(=O)NCCC(C)C)C(C)C. The molecule has 0 saturated carbocycles. The maximum absolute atomic E-state index is 11.8. The van der Waals surface area contributed by atoms with E-state index in [0.29, 0.717) is 11.8 Å². The van der Waals surface area contributed by atoms with Crippen LogP contribution in [0.25, 0.3) is 0 Å². The Balaban J connectivity index is 3.95. The van der Waals surface area contributed by atoms with Gasteiger partial charge < -0.3 is 10.6 Å². The van der Waals surface area contributed by atoms with Crippen LogP contribution in [0.3, 0.4) is 0 Å². The molecule has 0 aliphatic rings. The minimum Gasteiger partial charge on any atom is -0.347 e. The molecule has 2 N–H and O–H groups in total. The highest BCUT2D eigenvalue weighted by Crippen LogP contribution is 2.25. The number of amides is 2. The molecule has 1 unspecified atom stereocenters. The molecule has 0 aromatic heterocycles. The van der Waals surface area contributed by atoms with Gasteiger partial charge in [0.25, 0.3) is 10.5 Å². The molecule has 0 rings (SSSR count). The topological polar surface area (TPSA) is 58.2 Å². The summed E-state index contributed by atoms with van der Waals surface area (Å²) in [6, 6.07) is 0. The molecule has 0 spiro atoms. The number of hydrogen-bond acceptors (Lipinski definition) is 4. The van der Waals surface area contributed by atoms with E-state index in [0.717, 1.165) is 38.1 Å². The second-order valence-corrected chi connectivity index (χ2v) is 8.43. The minimum atomic E-state index is 0.0450. The highest BCUT2D eigenvalue weighted by atomic mass is 32.2. The first-order valence-corrected chi connectivity index (χ1v) is 10.1. The van der Waals surface area contributed by atoms with Gasteiger partial charge in [-0.05, 0) is 31.1 Å². The van der Waals surface area contributed by atoms with Crippen LogP contribution in [0.15, 0.2) is 0 Å². The van der Waals surface area contributed by atoms with Crippen LogP contribution in [-0.4, -0.2) is 34.6 Å². The molecule has 0 aromatic rings. The van der Waals surface area contributed by atoms with Crippen LogP contribution in [0.1, 0.15) is 53.9 Å². The Hall–Kier alpha value is -0.360. The molecule has 22 heavy (non-hydrogen) atoms. The van der Waals surface area contributed by atoms with Gasteiger partial charge in [0.15, 0.2) is 0 Å². The van der Waals surface area contributed by atoms with Crippen molar-refractivity contribution in [2.24, 2.45) is 11.8 Å². The fraction of sp³-hybridized carbons (Fsp3) is 0.875. The van der Waals surface area contributed by atoms with E-state index in [1.54, 1.807) is 0 Å². The zero-order chi connectivity index (χ0) is 17.0. The van der Waals surface area contributed by atoms with Crippen molar-refractivity contribution in [1.82, 2.24) is 10.6 Å². The van der Waals surface area contributed by atoms with Crippen molar-refractivity contribution >= 4 is 34.0 Å². The number of thioether (sulfide) groups is 2. The highest BCUT2D eigenvalue weighted by molar-refractivity contribution is 8.14. The van der Waals surface area contributed by atoms with E-state index in [2.05, 4.69) is 38.3 Å². The zero-order valence-corrected chi connectivity index (χ0v) is 16.2. The average Bonchev–Trinajstić information content (AvgIpc) is 2.43. The van der Waals surface area contributed by atoms with E-state index in [1.807, 2.05) is 6.92 Å². The molecule has 0 fully saturated rings. The molecule has 2 amide bonds. The van der Waals surface area contributed by atoms with Crippen molar-refractivity contribution in [1.29, 1.82) is 0 Å². The Morgan fingerprint density at radius 1 is 0.955 bits per heavy atom. The smallest absolute Gasteiger partial charge is 0.279 e. The number of nitrogens with one attached hydrogen (secondary N) is 2. The van der Waals surface area contributed by atoms with Crippen molar-refractivity contribution in [2.75, 3.05) is 18.8 Å². The Morgan fingerprint density at radius 3 is 2.14 bits per heavy atom. The van der Waals surface area contributed by atoms with Crippen LogP contribution in [0.5, 0.6) is 0 Å². The molecule has 6 heteroatoms. The third kappa shape index (κ3) is 12.2. The molecular formula is C16H32N2O2S2. The van der Waals surface area contributed by atoms with Crippen LogP contribution in [0.2, 0.25) is 0 Å². The number of carbonyl (C=O) groups is 2. The summed E-state index contributed by atoms with van der Waals surface area (Å²) in [6.45, 7) is 12.0. The Kier molecular flexibility index (Phi) is 12.9. The fourth-order valence-corrected chi connectivity index (χ4v) is 3.60. The van der Waals surface area contributed by atoms with E-state index in [9.17, 15) is 9.59 Å². The van der Waals surface area contributed by atoms with E-state index in [-0.39, 0.29) is 15.7 Å². The zero-order valence-electron chi connectivity index (χ0n) is 14.6. The first-order valence-electron chi connectivity index (χ1n) is 8.21. The van der Waals surface area contributed by atoms with Crippen molar-refractivity contribution in [2.45, 2.75) is 59.1 Å². The molecule has 1 atom stereocenters. The Morgan fingerprint density at radius 2 is 1.59 bits per heavy atom. The summed E-state index contributed by atoms with van der Waals surface area (Å²) in [7, 11) is 0. The summed E-state index contributed by atoms with van der Waals surface area (Å²) in [5, 5.41) is 6.17. The predicted octanol–water partition coefficient (Wildman–Crippen LogP) is 4.74. The van der Waals surface area contributed by atoms with Gasteiger partial charge in [-0.15, -0.1) is 0 Å². The monoisotopic (exact) mass is 348 g/mol. The van der Waals surface area contributed by atoms with E-state index >= 15 is 0 Å². The molecule has 0 aliphatic heterocycles. The van der Waals surface area contributed by atoms with Gasteiger partial charge in [0, 0.05) is 24.1 Å². The summed E-state index contributed by atoms with van der Waals surface area (Å²) in [6.07, 6.45) is 2.82. The van der Waals surface area contributed by atoms with Gasteiger partial charge in [-0.2, -0.15) is 0 Å². The minimum absolute atomic E-state index is 0.0450. The van der Waals surface area contributed by atoms with Gasteiger partial charge in [-0.1, -0.05) is 58.1 Å². The molecule has 0 saturated heterocycles. The van der Waals surface area contributed by atoms with Crippen LogP contribution >= 0.6 is 23.5 Å². The summed E-state index contributed by atoms with van der Waals surface area (Å²) < 4.78 is 0. The van der Waals surface area contributed by atoms with Gasteiger partial charge in [0.05, 0.1) is 0 Å². The van der Waals surface area contributed by atoms with Gasteiger partial charge in [0.1, 0.15) is 0 Å². The van der Waals surface area contributed by atoms with Crippen molar-refractivity contribution in [3.63, 3.8) is 0 Å². The van der Waals surface area contributed by atoms with Crippen LogP contribution in [0.4, 0.5) is 9.59 Å². The maximum atomic E-state index is 11.8. The second-order valence-electron chi connectivity index (χ2n) is 6.15. The van der Waals surface area contributed by atoms with E-state index in [1.165, 1.54) is 23.5 Å². The summed E-state index contributed by atoms with van der Waals surface area (Å²) in [5.41, 5.74) is 0. The van der Waals surface area contributed by atoms with E-state index < -0.39 is 0 Å². The standard InChI is InChI=1S/C16H32N2O2S2/c1-6-9-17-16(20)22-14(13(4)5)8-11-21-15(19)18-10-7-12(2)3/h12-14H,6-11H2,1-5H3,(H,17,20)(H,18,19). The lowest BCUT2D eigenvalue weighted by Gasteiger charge is -2.19. The molecule has 0 radical (unpaired) electrons.